The third-order valence-corrected chi connectivity index (χ3v) is 3.01. The minimum atomic E-state index is -0.501. The molecule has 0 aromatic heterocycles. The Labute approximate surface area is 107 Å². The van der Waals surface area contributed by atoms with Gasteiger partial charge in [-0.2, -0.15) is 0 Å². The summed E-state index contributed by atoms with van der Waals surface area (Å²) in [5.41, 5.74) is 7.15. The van der Waals surface area contributed by atoms with Crippen molar-refractivity contribution in [3.63, 3.8) is 0 Å². The fourth-order valence-electron chi connectivity index (χ4n) is 1.99. The number of primary amides is 1. The first-order valence-corrected chi connectivity index (χ1v) is 6.20. The van der Waals surface area contributed by atoms with E-state index in [0.29, 0.717) is 12.6 Å². The number of carbonyl (C=O) groups excluding carboxylic acids is 1. The van der Waals surface area contributed by atoms with Crippen LogP contribution in [-0.4, -0.2) is 25.3 Å². The smallest absolute Gasteiger partial charge is 0.312 e. The maximum Gasteiger partial charge on any atom is 0.312 e. The second kappa shape index (κ2) is 6.26. The average Bonchev–Trinajstić information content (AvgIpc) is 2.39. The molecule has 0 unspecified atom stereocenters. The standard InChI is InChI=1S/C13H19N3O2/c14-13(17)15-9-10-1-3-11(4-2-10)16-12-5-7-18-8-6-12/h1-4,12,16H,5-9H2,(H3,14,15,17). The SMILES string of the molecule is NC(=O)NCc1ccc(NC2CCOCC2)cc1. The molecule has 1 aromatic rings. The number of hydrogen-bond donors (Lipinski definition) is 3. The predicted molar refractivity (Wildman–Crippen MR) is 70.3 cm³/mol. The molecular weight excluding hydrogens is 230 g/mol. The number of nitrogens with two attached hydrogens (primary N) is 1. The van der Waals surface area contributed by atoms with Gasteiger partial charge < -0.3 is 21.1 Å². The van der Waals surface area contributed by atoms with Crippen LogP contribution in [0.3, 0.4) is 0 Å². The first-order chi connectivity index (χ1) is 8.74. The molecule has 0 saturated carbocycles. The molecule has 1 fully saturated rings. The van der Waals surface area contributed by atoms with Gasteiger partial charge in [0.1, 0.15) is 0 Å². The summed E-state index contributed by atoms with van der Waals surface area (Å²) in [5, 5.41) is 6.05. The molecule has 5 nitrogen and oxygen atoms in total. The fourth-order valence-corrected chi connectivity index (χ4v) is 1.99. The quantitative estimate of drug-likeness (QED) is 0.755. The molecule has 1 aromatic carbocycles. The Kier molecular flexibility index (Phi) is 4.41. The third-order valence-electron chi connectivity index (χ3n) is 3.01. The highest BCUT2D eigenvalue weighted by atomic mass is 16.5. The molecule has 1 heterocycles. The van der Waals surface area contributed by atoms with Crippen molar-refractivity contribution in [3.05, 3.63) is 29.8 Å². The van der Waals surface area contributed by atoms with E-state index in [9.17, 15) is 4.79 Å². The number of amides is 2. The molecule has 1 saturated heterocycles. The van der Waals surface area contributed by atoms with Crippen LogP contribution in [0, 0.1) is 0 Å². The van der Waals surface area contributed by atoms with E-state index in [1.54, 1.807) is 0 Å². The number of rotatable bonds is 4. The summed E-state index contributed by atoms with van der Waals surface area (Å²) in [6.07, 6.45) is 2.09. The first kappa shape index (κ1) is 12.7. The van der Waals surface area contributed by atoms with Gasteiger partial charge in [-0.25, -0.2) is 4.79 Å². The number of benzene rings is 1. The minimum absolute atomic E-state index is 0.465. The van der Waals surface area contributed by atoms with Gasteiger partial charge in [-0.1, -0.05) is 12.1 Å². The van der Waals surface area contributed by atoms with Crippen molar-refractivity contribution >= 4 is 11.7 Å². The van der Waals surface area contributed by atoms with E-state index in [1.807, 2.05) is 24.3 Å². The molecule has 98 valence electrons. The largest absolute Gasteiger partial charge is 0.382 e. The zero-order chi connectivity index (χ0) is 12.8. The summed E-state index contributed by atoms with van der Waals surface area (Å²) in [7, 11) is 0. The number of nitrogens with one attached hydrogen (secondary N) is 2. The number of hydrogen-bond acceptors (Lipinski definition) is 3. The van der Waals surface area contributed by atoms with Crippen molar-refractivity contribution in [2.75, 3.05) is 18.5 Å². The minimum Gasteiger partial charge on any atom is -0.382 e. The molecular formula is C13H19N3O2. The van der Waals surface area contributed by atoms with Gasteiger partial charge in [0.15, 0.2) is 0 Å². The van der Waals surface area contributed by atoms with Gasteiger partial charge in [0, 0.05) is 31.5 Å². The van der Waals surface area contributed by atoms with Crippen molar-refractivity contribution in [2.45, 2.75) is 25.4 Å². The van der Waals surface area contributed by atoms with Crippen molar-refractivity contribution in [2.24, 2.45) is 5.73 Å². The van der Waals surface area contributed by atoms with Crippen LogP contribution < -0.4 is 16.4 Å². The van der Waals surface area contributed by atoms with Gasteiger partial charge >= 0.3 is 6.03 Å². The number of carbonyl (C=O) groups is 1. The van der Waals surface area contributed by atoms with Crippen LogP contribution in [0.1, 0.15) is 18.4 Å². The van der Waals surface area contributed by atoms with Crippen molar-refractivity contribution in [1.82, 2.24) is 5.32 Å². The normalized spacial score (nSPS) is 16.2. The van der Waals surface area contributed by atoms with E-state index < -0.39 is 6.03 Å². The zero-order valence-corrected chi connectivity index (χ0v) is 10.3. The molecule has 2 amide bonds. The molecule has 0 aliphatic carbocycles. The monoisotopic (exact) mass is 249 g/mol. The highest BCUT2D eigenvalue weighted by Gasteiger charge is 2.12. The number of anilines is 1. The number of ether oxygens (including phenoxy) is 1. The zero-order valence-electron chi connectivity index (χ0n) is 10.3. The van der Waals surface area contributed by atoms with Gasteiger partial charge in [-0.3, -0.25) is 0 Å². The van der Waals surface area contributed by atoms with E-state index in [1.165, 1.54) is 0 Å². The summed E-state index contributed by atoms with van der Waals surface area (Å²) < 4.78 is 5.32. The van der Waals surface area contributed by atoms with Gasteiger partial charge in [0.25, 0.3) is 0 Å². The molecule has 0 radical (unpaired) electrons. The summed E-state index contributed by atoms with van der Waals surface area (Å²) in [4.78, 5) is 10.6. The topological polar surface area (TPSA) is 76.4 Å². The molecule has 4 N–H and O–H groups in total. The Morgan fingerprint density at radius 1 is 1.28 bits per heavy atom. The summed E-state index contributed by atoms with van der Waals surface area (Å²) >= 11 is 0. The van der Waals surface area contributed by atoms with E-state index >= 15 is 0 Å². The molecule has 5 heteroatoms. The van der Waals surface area contributed by atoms with Crippen molar-refractivity contribution in [3.8, 4) is 0 Å². The fraction of sp³-hybridized carbons (Fsp3) is 0.462. The maximum atomic E-state index is 10.6. The van der Waals surface area contributed by atoms with Crippen molar-refractivity contribution < 1.29 is 9.53 Å². The third kappa shape index (κ3) is 3.92. The Morgan fingerprint density at radius 2 is 1.94 bits per heavy atom. The Balaban J connectivity index is 1.84. The Morgan fingerprint density at radius 3 is 2.56 bits per heavy atom. The first-order valence-electron chi connectivity index (χ1n) is 6.20. The Bertz CT molecular complexity index is 386. The van der Waals surface area contributed by atoms with Gasteiger partial charge in [-0.15, -0.1) is 0 Å². The van der Waals surface area contributed by atoms with Crippen LogP contribution in [0.2, 0.25) is 0 Å². The van der Waals surface area contributed by atoms with Crippen LogP contribution in [0.4, 0.5) is 10.5 Å². The number of urea groups is 1. The Hall–Kier alpha value is -1.75. The molecule has 1 aliphatic rings. The van der Waals surface area contributed by atoms with Crippen LogP contribution in [-0.2, 0) is 11.3 Å². The molecule has 0 atom stereocenters. The van der Waals surface area contributed by atoms with E-state index in [-0.39, 0.29) is 0 Å². The summed E-state index contributed by atoms with van der Waals surface area (Å²) in [6, 6.07) is 8.00. The second-order valence-electron chi connectivity index (χ2n) is 4.45. The van der Waals surface area contributed by atoms with Gasteiger partial charge in [-0.05, 0) is 30.5 Å². The van der Waals surface area contributed by atoms with Crippen LogP contribution in [0.5, 0.6) is 0 Å². The molecule has 0 bridgehead atoms. The lowest BCUT2D eigenvalue weighted by Gasteiger charge is -2.24. The second-order valence-corrected chi connectivity index (χ2v) is 4.45. The predicted octanol–water partition coefficient (Wildman–Crippen LogP) is 1.45. The van der Waals surface area contributed by atoms with Crippen LogP contribution >= 0.6 is 0 Å². The van der Waals surface area contributed by atoms with E-state index in [4.69, 9.17) is 10.5 Å². The maximum absolute atomic E-state index is 10.6. The molecule has 0 spiro atoms. The van der Waals surface area contributed by atoms with Crippen LogP contribution in [0.15, 0.2) is 24.3 Å². The highest BCUT2D eigenvalue weighted by Crippen LogP contribution is 2.15. The van der Waals surface area contributed by atoms with E-state index in [2.05, 4.69) is 10.6 Å². The molecule has 18 heavy (non-hydrogen) atoms. The summed E-state index contributed by atoms with van der Waals surface area (Å²) in [5.74, 6) is 0. The van der Waals surface area contributed by atoms with Crippen LogP contribution in [0.25, 0.3) is 0 Å². The van der Waals surface area contributed by atoms with Crippen molar-refractivity contribution in [1.29, 1.82) is 0 Å². The average molecular weight is 249 g/mol. The molecule has 2 rings (SSSR count). The lowest BCUT2D eigenvalue weighted by molar-refractivity contribution is 0.0904. The highest BCUT2D eigenvalue weighted by molar-refractivity contribution is 5.71. The van der Waals surface area contributed by atoms with Gasteiger partial charge in [0.05, 0.1) is 0 Å². The van der Waals surface area contributed by atoms with E-state index in [0.717, 1.165) is 37.3 Å². The van der Waals surface area contributed by atoms with Gasteiger partial charge in [0.2, 0.25) is 0 Å². The lowest BCUT2D eigenvalue weighted by Crippen LogP contribution is -2.28. The lowest BCUT2D eigenvalue weighted by atomic mass is 10.1. The molecule has 1 aliphatic heterocycles. The summed E-state index contributed by atoms with van der Waals surface area (Å²) in [6.45, 7) is 2.13.